The molecule has 1 atom stereocenters. The molecule has 1 fully saturated rings. The standard InChI is InChI=1S/C13H28O4Si/c1-6-13(10-14-11-13)12(5)17-18(9-4,15-7-2)16-8-3/h12H,6-11H2,1-5H3. The summed E-state index contributed by atoms with van der Waals surface area (Å²) in [7, 11) is -2.50. The van der Waals surface area contributed by atoms with E-state index in [0.717, 1.165) is 25.7 Å². The summed E-state index contributed by atoms with van der Waals surface area (Å²) in [6.07, 6.45) is 1.20. The van der Waals surface area contributed by atoms with Crippen molar-refractivity contribution in [1.82, 2.24) is 0 Å². The second-order valence-electron chi connectivity index (χ2n) is 4.87. The molecule has 0 N–H and O–H groups in total. The first-order chi connectivity index (χ1) is 8.58. The molecule has 18 heavy (non-hydrogen) atoms. The van der Waals surface area contributed by atoms with Gasteiger partial charge in [-0.2, -0.15) is 0 Å². The van der Waals surface area contributed by atoms with Gasteiger partial charge in [0.05, 0.1) is 19.3 Å². The molecule has 1 heterocycles. The van der Waals surface area contributed by atoms with Crippen LogP contribution in [0.4, 0.5) is 0 Å². The average Bonchev–Trinajstić information content (AvgIpc) is 2.28. The highest BCUT2D eigenvalue weighted by Gasteiger charge is 2.49. The van der Waals surface area contributed by atoms with Crippen LogP contribution in [0.15, 0.2) is 0 Å². The Morgan fingerprint density at radius 2 is 1.67 bits per heavy atom. The van der Waals surface area contributed by atoms with Crippen molar-refractivity contribution in [3.8, 4) is 0 Å². The molecule has 5 heteroatoms. The summed E-state index contributed by atoms with van der Waals surface area (Å²) in [6.45, 7) is 13.2. The minimum Gasteiger partial charge on any atom is -0.380 e. The van der Waals surface area contributed by atoms with E-state index in [9.17, 15) is 0 Å². The van der Waals surface area contributed by atoms with Crippen LogP contribution in [0.3, 0.4) is 0 Å². The minimum atomic E-state index is -2.50. The van der Waals surface area contributed by atoms with Gasteiger partial charge in [0.15, 0.2) is 0 Å². The lowest BCUT2D eigenvalue weighted by Gasteiger charge is -2.47. The Hall–Kier alpha value is 0.0569. The SMILES string of the molecule is CCO[Si](CC)(OCC)OC(C)C1(CC)COC1. The summed E-state index contributed by atoms with van der Waals surface area (Å²) < 4.78 is 23.4. The lowest BCUT2D eigenvalue weighted by atomic mass is 9.78. The van der Waals surface area contributed by atoms with Crippen molar-refractivity contribution in [3.05, 3.63) is 0 Å². The van der Waals surface area contributed by atoms with E-state index in [0.29, 0.717) is 13.2 Å². The number of ether oxygens (including phenoxy) is 1. The highest BCUT2D eigenvalue weighted by atomic mass is 28.4. The van der Waals surface area contributed by atoms with E-state index in [4.69, 9.17) is 18.0 Å². The number of hydrogen-bond donors (Lipinski definition) is 0. The molecule has 0 aromatic carbocycles. The summed E-state index contributed by atoms with van der Waals surface area (Å²) in [6, 6.07) is 0.819. The molecule has 1 saturated heterocycles. The Morgan fingerprint density at radius 3 is 1.94 bits per heavy atom. The Bertz CT molecular complexity index is 232. The quantitative estimate of drug-likeness (QED) is 0.607. The second kappa shape index (κ2) is 7.00. The molecule has 1 aliphatic rings. The third-order valence-electron chi connectivity index (χ3n) is 3.86. The van der Waals surface area contributed by atoms with Crippen molar-refractivity contribution in [2.45, 2.75) is 53.2 Å². The molecule has 4 nitrogen and oxygen atoms in total. The normalized spacial score (nSPS) is 20.5. The van der Waals surface area contributed by atoms with Gasteiger partial charge in [0.25, 0.3) is 0 Å². The first-order valence-electron chi connectivity index (χ1n) is 7.11. The number of hydrogen-bond acceptors (Lipinski definition) is 4. The van der Waals surface area contributed by atoms with Crippen LogP contribution in [-0.2, 0) is 18.0 Å². The molecule has 0 amide bonds. The Kier molecular flexibility index (Phi) is 6.27. The van der Waals surface area contributed by atoms with E-state index >= 15 is 0 Å². The van der Waals surface area contributed by atoms with Crippen molar-refractivity contribution in [1.29, 1.82) is 0 Å². The fourth-order valence-corrected chi connectivity index (χ4v) is 4.78. The van der Waals surface area contributed by atoms with E-state index in [-0.39, 0.29) is 11.5 Å². The van der Waals surface area contributed by atoms with Gasteiger partial charge in [-0.1, -0.05) is 13.8 Å². The lowest BCUT2D eigenvalue weighted by Crippen LogP contribution is -2.57. The fraction of sp³-hybridized carbons (Fsp3) is 1.00. The maximum Gasteiger partial charge on any atom is 0.500 e. The van der Waals surface area contributed by atoms with E-state index in [1.165, 1.54) is 0 Å². The monoisotopic (exact) mass is 276 g/mol. The van der Waals surface area contributed by atoms with Gasteiger partial charge in [0, 0.05) is 24.7 Å². The Balaban J connectivity index is 2.69. The van der Waals surface area contributed by atoms with Crippen LogP contribution in [0.25, 0.3) is 0 Å². The van der Waals surface area contributed by atoms with Gasteiger partial charge in [-0.25, -0.2) is 0 Å². The van der Waals surface area contributed by atoms with E-state index in [2.05, 4.69) is 20.8 Å². The molecule has 0 aromatic heterocycles. The first-order valence-corrected chi connectivity index (χ1v) is 9.04. The summed E-state index contributed by atoms with van der Waals surface area (Å²) >= 11 is 0. The van der Waals surface area contributed by atoms with Gasteiger partial charge >= 0.3 is 8.80 Å². The van der Waals surface area contributed by atoms with E-state index in [1.807, 2.05) is 13.8 Å². The minimum absolute atomic E-state index is 0.126. The highest BCUT2D eigenvalue weighted by Crippen LogP contribution is 2.38. The van der Waals surface area contributed by atoms with Crippen molar-refractivity contribution >= 4 is 8.80 Å². The molecule has 0 spiro atoms. The van der Waals surface area contributed by atoms with Gasteiger partial charge < -0.3 is 18.0 Å². The maximum atomic E-state index is 6.28. The summed E-state index contributed by atoms with van der Waals surface area (Å²) in [5.74, 6) is 0. The van der Waals surface area contributed by atoms with Crippen LogP contribution in [0.2, 0.25) is 6.04 Å². The van der Waals surface area contributed by atoms with Gasteiger partial charge in [-0.3, -0.25) is 0 Å². The van der Waals surface area contributed by atoms with Crippen LogP contribution in [0.1, 0.15) is 41.0 Å². The van der Waals surface area contributed by atoms with Crippen molar-refractivity contribution in [2.75, 3.05) is 26.4 Å². The topological polar surface area (TPSA) is 36.9 Å². The van der Waals surface area contributed by atoms with Crippen molar-refractivity contribution < 1.29 is 18.0 Å². The molecular weight excluding hydrogens is 248 g/mol. The molecule has 0 bridgehead atoms. The van der Waals surface area contributed by atoms with Gasteiger partial charge in [0.1, 0.15) is 0 Å². The molecule has 1 unspecified atom stereocenters. The van der Waals surface area contributed by atoms with Crippen molar-refractivity contribution in [2.24, 2.45) is 5.41 Å². The molecular formula is C13H28O4Si. The summed E-state index contributed by atoms with van der Waals surface area (Å²) in [5, 5.41) is 0. The fourth-order valence-electron chi connectivity index (χ4n) is 2.32. The largest absolute Gasteiger partial charge is 0.500 e. The summed E-state index contributed by atoms with van der Waals surface area (Å²) in [5.41, 5.74) is 0.154. The second-order valence-corrected chi connectivity index (χ2v) is 7.76. The van der Waals surface area contributed by atoms with Crippen LogP contribution < -0.4 is 0 Å². The molecule has 0 aromatic rings. The highest BCUT2D eigenvalue weighted by molar-refractivity contribution is 6.60. The zero-order chi connectivity index (χ0) is 13.6. The van der Waals surface area contributed by atoms with E-state index in [1.54, 1.807) is 0 Å². The van der Waals surface area contributed by atoms with Crippen LogP contribution in [0.5, 0.6) is 0 Å². The lowest BCUT2D eigenvalue weighted by molar-refractivity contribution is -0.172. The summed E-state index contributed by atoms with van der Waals surface area (Å²) in [4.78, 5) is 0. The maximum absolute atomic E-state index is 6.28. The first kappa shape index (κ1) is 16.1. The zero-order valence-electron chi connectivity index (χ0n) is 12.5. The van der Waals surface area contributed by atoms with Crippen LogP contribution in [-0.4, -0.2) is 41.3 Å². The Morgan fingerprint density at radius 1 is 1.11 bits per heavy atom. The third kappa shape index (κ3) is 3.33. The van der Waals surface area contributed by atoms with Crippen molar-refractivity contribution in [3.63, 3.8) is 0 Å². The predicted octanol–water partition coefficient (Wildman–Crippen LogP) is 2.85. The molecule has 0 aliphatic carbocycles. The zero-order valence-corrected chi connectivity index (χ0v) is 13.5. The van der Waals surface area contributed by atoms with Gasteiger partial charge in [-0.15, -0.1) is 0 Å². The van der Waals surface area contributed by atoms with Crippen LogP contribution >= 0.6 is 0 Å². The predicted molar refractivity (Wildman–Crippen MR) is 73.6 cm³/mol. The molecule has 1 rings (SSSR count). The molecule has 1 aliphatic heterocycles. The smallest absolute Gasteiger partial charge is 0.380 e. The van der Waals surface area contributed by atoms with Gasteiger partial charge in [-0.05, 0) is 27.2 Å². The molecule has 108 valence electrons. The third-order valence-corrected chi connectivity index (χ3v) is 6.90. The molecule has 0 radical (unpaired) electrons. The van der Waals surface area contributed by atoms with Crippen LogP contribution in [0, 0.1) is 5.41 Å². The van der Waals surface area contributed by atoms with Gasteiger partial charge in [0.2, 0.25) is 0 Å². The number of rotatable bonds is 9. The Labute approximate surface area is 112 Å². The average molecular weight is 276 g/mol. The molecule has 0 saturated carbocycles. The van der Waals surface area contributed by atoms with E-state index < -0.39 is 8.80 Å².